The summed E-state index contributed by atoms with van der Waals surface area (Å²) in [4.78, 5) is 24.7. The third-order valence-corrected chi connectivity index (χ3v) is 4.54. The molecule has 0 saturated heterocycles. The molecule has 0 saturated carbocycles. The number of esters is 1. The molecule has 0 aromatic heterocycles. The second kappa shape index (κ2) is 9.79. The molecule has 2 aromatic carbocycles. The molecule has 0 fully saturated rings. The predicted molar refractivity (Wildman–Crippen MR) is 113 cm³/mol. The maximum absolute atomic E-state index is 12.6. The SMILES string of the molecule is CCCCOC(=O)Oc1c(C)cc(C(C)(C)C)cc1OC(=O)c1ccc(Cl)cc1. The van der Waals surface area contributed by atoms with Crippen molar-refractivity contribution < 1.29 is 23.8 Å². The van der Waals surface area contributed by atoms with Crippen LogP contribution in [0.15, 0.2) is 36.4 Å². The fraction of sp³-hybridized carbons (Fsp3) is 0.391. The molecule has 0 N–H and O–H groups in total. The number of benzene rings is 2. The van der Waals surface area contributed by atoms with Crippen molar-refractivity contribution in [2.45, 2.75) is 52.9 Å². The van der Waals surface area contributed by atoms with Crippen LogP contribution in [-0.2, 0) is 10.2 Å². The van der Waals surface area contributed by atoms with Crippen molar-refractivity contribution in [1.82, 2.24) is 0 Å². The Morgan fingerprint density at radius 2 is 1.69 bits per heavy atom. The van der Waals surface area contributed by atoms with E-state index in [1.54, 1.807) is 37.3 Å². The van der Waals surface area contributed by atoms with E-state index in [4.69, 9.17) is 25.8 Å². The maximum Gasteiger partial charge on any atom is 0.513 e. The highest BCUT2D eigenvalue weighted by molar-refractivity contribution is 6.30. The summed E-state index contributed by atoms with van der Waals surface area (Å²) in [5, 5.41) is 0.519. The summed E-state index contributed by atoms with van der Waals surface area (Å²) in [6.45, 7) is 10.2. The first-order valence-corrected chi connectivity index (χ1v) is 9.97. The van der Waals surface area contributed by atoms with Crippen LogP contribution < -0.4 is 9.47 Å². The molecule has 0 aliphatic heterocycles. The van der Waals surface area contributed by atoms with E-state index in [9.17, 15) is 9.59 Å². The van der Waals surface area contributed by atoms with Crippen molar-refractivity contribution in [2.24, 2.45) is 0 Å². The standard InChI is InChI=1S/C23H27ClO5/c1-6-7-12-27-22(26)29-20-15(2)13-17(23(3,4)5)14-19(20)28-21(25)16-8-10-18(24)11-9-16/h8-11,13-14H,6-7,12H2,1-5H3. The van der Waals surface area contributed by atoms with Crippen molar-refractivity contribution in [2.75, 3.05) is 6.61 Å². The highest BCUT2D eigenvalue weighted by Gasteiger charge is 2.23. The normalized spacial score (nSPS) is 11.1. The number of hydrogen-bond acceptors (Lipinski definition) is 5. The first-order chi connectivity index (χ1) is 13.6. The molecule has 0 amide bonds. The van der Waals surface area contributed by atoms with E-state index in [1.165, 1.54) is 0 Å². The molecule has 2 rings (SSSR count). The Labute approximate surface area is 176 Å². The van der Waals surface area contributed by atoms with E-state index in [-0.39, 0.29) is 23.5 Å². The molecule has 156 valence electrons. The molecule has 29 heavy (non-hydrogen) atoms. The lowest BCUT2D eigenvalue weighted by molar-refractivity contribution is 0.0714. The Bertz CT molecular complexity index is 866. The van der Waals surface area contributed by atoms with E-state index in [1.807, 2.05) is 33.8 Å². The van der Waals surface area contributed by atoms with E-state index in [2.05, 4.69) is 0 Å². The maximum atomic E-state index is 12.6. The van der Waals surface area contributed by atoms with Gasteiger partial charge in [0, 0.05) is 5.02 Å². The minimum Gasteiger partial charge on any atom is -0.434 e. The van der Waals surface area contributed by atoms with Gasteiger partial charge < -0.3 is 14.2 Å². The molecule has 5 nitrogen and oxygen atoms in total. The number of hydrogen-bond donors (Lipinski definition) is 0. The Balaban J connectivity index is 2.35. The number of unbranched alkanes of at least 4 members (excludes halogenated alkanes) is 1. The predicted octanol–water partition coefficient (Wildman–Crippen LogP) is 6.48. The molecule has 6 heteroatoms. The van der Waals surface area contributed by atoms with Crippen LogP contribution in [0.1, 0.15) is 62.0 Å². The molecular weight excluding hydrogens is 392 g/mol. The summed E-state index contributed by atoms with van der Waals surface area (Å²) in [6, 6.07) is 9.99. The average Bonchev–Trinajstić information content (AvgIpc) is 2.64. The smallest absolute Gasteiger partial charge is 0.434 e. The molecule has 0 atom stereocenters. The average molecular weight is 419 g/mol. The second-order valence-electron chi connectivity index (χ2n) is 7.82. The van der Waals surface area contributed by atoms with Gasteiger partial charge in [0.15, 0.2) is 11.5 Å². The third-order valence-electron chi connectivity index (χ3n) is 4.29. The fourth-order valence-electron chi connectivity index (χ4n) is 2.54. The van der Waals surface area contributed by atoms with Crippen LogP contribution in [0.2, 0.25) is 5.02 Å². The Morgan fingerprint density at radius 1 is 1.03 bits per heavy atom. The van der Waals surface area contributed by atoms with Crippen molar-refractivity contribution in [1.29, 1.82) is 0 Å². The van der Waals surface area contributed by atoms with Crippen LogP contribution in [0.4, 0.5) is 4.79 Å². The van der Waals surface area contributed by atoms with Crippen LogP contribution in [0.3, 0.4) is 0 Å². The number of carbonyl (C=O) groups is 2. The van der Waals surface area contributed by atoms with Gasteiger partial charge in [-0.1, -0.05) is 51.8 Å². The number of halogens is 1. The van der Waals surface area contributed by atoms with Gasteiger partial charge in [-0.15, -0.1) is 0 Å². The lowest BCUT2D eigenvalue weighted by atomic mass is 9.86. The molecule has 2 aromatic rings. The van der Waals surface area contributed by atoms with Gasteiger partial charge in [0.1, 0.15) is 0 Å². The summed E-state index contributed by atoms with van der Waals surface area (Å²) in [5.74, 6) is -0.236. The summed E-state index contributed by atoms with van der Waals surface area (Å²) in [6.07, 6.45) is 0.820. The molecule has 0 aliphatic carbocycles. The largest absolute Gasteiger partial charge is 0.513 e. The summed E-state index contributed by atoms with van der Waals surface area (Å²) >= 11 is 5.88. The number of ether oxygens (including phenoxy) is 3. The van der Waals surface area contributed by atoms with Crippen LogP contribution in [-0.4, -0.2) is 18.7 Å². The van der Waals surface area contributed by atoms with E-state index in [0.717, 1.165) is 18.4 Å². The quantitative estimate of drug-likeness (QED) is 0.232. The highest BCUT2D eigenvalue weighted by atomic mass is 35.5. The minimum absolute atomic E-state index is 0.168. The van der Waals surface area contributed by atoms with Crippen LogP contribution in [0.5, 0.6) is 11.5 Å². The lowest BCUT2D eigenvalue weighted by Crippen LogP contribution is -2.17. The zero-order chi connectivity index (χ0) is 21.6. The van der Waals surface area contributed by atoms with Gasteiger partial charge in [-0.05, 0) is 60.2 Å². The van der Waals surface area contributed by atoms with Crippen LogP contribution in [0, 0.1) is 6.92 Å². The molecule has 0 unspecified atom stereocenters. The van der Waals surface area contributed by atoms with Gasteiger partial charge in [0.05, 0.1) is 12.2 Å². The Morgan fingerprint density at radius 3 is 2.28 bits per heavy atom. The van der Waals surface area contributed by atoms with E-state index in [0.29, 0.717) is 16.1 Å². The molecule has 0 radical (unpaired) electrons. The fourth-order valence-corrected chi connectivity index (χ4v) is 2.66. The topological polar surface area (TPSA) is 61.8 Å². The molecule has 0 aliphatic rings. The number of carbonyl (C=O) groups excluding carboxylic acids is 2. The van der Waals surface area contributed by atoms with Gasteiger partial charge in [-0.25, -0.2) is 9.59 Å². The Hall–Kier alpha value is -2.53. The zero-order valence-electron chi connectivity index (χ0n) is 17.5. The van der Waals surface area contributed by atoms with Gasteiger partial charge in [-0.2, -0.15) is 0 Å². The first-order valence-electron chi connectivity index (χ1n) is 9.59. The van der Waals surface area contributed by atoms with Crippen molar-refractivity contribution in [3.05, 3.63) is 58.1 Å². The van der Waals surface area contributed by atoms with Gasteiger partial charge in [-0.3, -0.25) is 0 Å². The van der Waals surface area contributed by atoms with E-state index >= 15 is 0 Å². The van der Waals surface area contributed by atoms with Gasteiger partial charge >= 0.3 is 12.1 Å². The van der Waals surface area contributed by atoms with Crippen molar-refractivity contribution in [3.8, 4) is 11.5 Å². The minimum atomic E-state index is -0.825. The lowest BCUT2D eigenvalue weighted by Gasteiger charge is -2.22. The van der Waals surface area contributed by atoms with Crippen molar-refractivity contribution in [3.63, 3.8) is 0 Å². The Kier molecular flexibility index (Phi) is 7.68. The molecule has 0 spiro atoms. The van der Waals surface area contributed by atoms with E-state index < -0.39 is 12.1 Å². The first kappa shape index (κ1) is 22.8. The van der Waals surface area contributed by atoms with Crippen LogP contribution >= 0.6 is 11.6 Å². The summed E-state index contributed by atoms with van der Waals surface area (Å²) in [5.41, 5.74) is 1.76. The molecule has 0 heterocycles. The monoisotopic (exact) mass is 418 g/mol. The van der Waals surface area contributed by atoms with Crippen molar-refractivity contribution >= 4 is 23.7 Å². The molecule has 0 bridgehead atoms. The number of rotatable bonds is 6. The second-order valence-corrected chi connectivity index (χ2v) is 8.26. The van der Waals surface area contributed by atoms with Gasteiger partial charge in [0.2, 0.25) is 0 Å². The van der Waals surface area contributed by atoms with Gasteiger partial charge in [0.25, 0.3) is 0 Å². The summed E-state index contributed by atoms with van der Waals surface area (Å²) < 4.78 is 16.1. The molecular formula is C23H27ClO5. The third kappa shape index (κ3) is 6.50. The zero-order valence-corrected chi connectivity index (χ0v) is 18.3. The number of aryl methyl sites for hydroxylation is 1. The highest BCUT2D eigenvalue weighted by Crippen LogP contribution is 2.37. The summed E-state index contributed by atoms with van der Waals surface area (Å²) in [7, 11) is 0. The van der Waals surface area contributed by atoms with Crippen LogP contribution in [0.25, 0.3) is 0 Å².